The van der Waals surface area contributed by atoms with E-state index in [1.54, 1.807) is 17.2 Å². The van der Waals surface area contributed by atoms with Crippen molar-refractivity contribution in [2.45, 2.75) is 45.1 Å². The topological polar surface area (TPSA) is 75.5 Å². The van der Waals surface area contributed by atoms with Crippen LogP contribution in [-0.2, 0) is 16.1 Å². The molecule has 1 unspecified atom stereocenters. The van der Waals surface area contributed by atoms with Crippen molar-refractivity contribution in [3.63, 3.8) is 0 Å². The van der Waals surface area contributed by atoms with Crippen molar-refractivity contribution in [1.29, 1.82) is 0 Å². The molecule has 0 radical (unpaired) electrons. The van der Waals surface area contributed by atoms with Crippen molar-refractivity contribution in [3.8, 4) is 0 Å². The molecule has 7 nitrogen and oxygen atoms in total. The number of hydrogen-bond acceptors (Lipinski definition) is 4. The standard InChI is InChI=1S/C19H26N4O3/c24-16(13-22-10-3-8-20-18(22)26)23-11-7-19(14-23)6-2-9-21(17(19)25)12-15-4-1-5-15/h3,8,10,15H,1-2,4-7,9,11-14H2. The summed E-state index contributed by atoms with van der Waals surface area (Å²) in [5.74, 6) is 0.802. The largest absolute Gasteiger partial charge is 0.347 e. The lowest BCUT2D eigenvalue weighted by atomic mass is 9.77. The number of rotatable bonds is 4. The highest BCUT2D eigenvalue weighted by molar-refractivity contribution is 5.86. The van der Waals surface area contributed by atoms with Crippen LogP contribution in [0.3, 0.4) is 0 Å². The first-order valence-electron chi connectivity index (χ1n) is 9.66. The average molecular weight is 358 g/mol. The van der Waals surface area contributed by atoms with E-state index in [-0.39, 0.29) is 18.4 Å². The van der Waals surface area contributed by atoms with Gasteiger partial charge in [-0.05, 0) is 44.1 Å². The first kappa shape index (κ1) is 17.2. The highest BCUT2D eigenvalue weighted by atomic mass is 16.2. The molecule has 0 bridgehead atoms. The van der Waals surface area contributed by atoms with Crippen LogP contribution in [0.2, 0.25) is 0 Å². The first-order valence-corrected chi connectivity index (χ1v) is 9.66. The van der Waals surface area contributed by atoms with E-state index >= 15 is 0 Å². The molecule has 1 saturated carbocycles. The molecule has 3 heterocycles. The van der Waals surface area contributed by atoms with E-state index in [9.17, 15) is 14.4 Å². The molecule has 0 N–H and O–H groups in total. The molecule has 26 heavy (non-hydrogen) atoms. The molecular formula is C19H26N4O3. The minimum absolute atomic E-state index is 0.0112. The van der Waals surface area contributed by atoms with E-state index in [1.807, 2.05) is 4.90 Å². The second-order valence-electron chi connectivity index (χ2n) is 8.03. The van der Waals surface area contributed by atoms with Crippen LogP contribution in [0.5, 0.6) is 0 Å². The van der Waals surface area contributed by atoms with Crippen LogP contribution in [0, 0.1) is 11.3 Å². The van der Waals surface area contributed by atoms with Gasteiger partial charge in [-0.3, -0.25) is 14.2 Å². The molecule has 2 saturated heterocycles. The van der Waals surface area contributed by atoms with Crippen LogP contribution in [0.15, 0.2) is 23.3 Å². The Balaban J connectivity index is 1.41. The van der Waals surface area contributed by atoms with Gasteiger partial charge in [0.05, 0.1) is 5.41 Å². The maximum absolute atomic E-state index is 13.1. The van der Waals surface area contributed by atoms with Gasteiger partial charge in [0, 0.05) is 38.6 Å². The lowest BCUT2D eigenvalue weighted by molar-refractivity contribution is -0.147. The molecule has 1 aromatic heterocycles. The SMILES string of the molecule is O=C(Cn1cccnc1=O)N1CCC2(CCCN(CC3CCC3)C2=O)C1. The highest BCUT2D eigenvalue weighted by Gasteiger charge is 2.49. The zero-order valence-corrected chi connectivity index (χ0v) is 15.1. The number of nitrogens with zero attached hydrogens (tertiary/aromatic N) is 4. The molecule has 2 amide bonds. The van der Waals surface area contributed by atoms with Crippen LogP contribution < -0.4 is 5.69 Å². The molecule has 7 heteroatoms. The van der Waals surface area contributed by atoms with Crippen molar-refractivity contribution in [2.24, 2.45) is 11.3 Å². The molecule has 1 spiro atoms. The quantitative estimate of drug-likeness (QED) is 0.801. The zero-order chi connectivity index (χ0) is 18.1. The number of amides is 2. The summed E-state index contributed by atoms with van der Waals surface area (Å²) in [6.07, 6.45) is 9.37. The number of hydrogen-bond donors (Lipinski definition) is 0. The Morgan fingerprint density at radius 1 is 1.19 bits per heavy atom. The monoisotopic (exact) mass is 358 g/mol. The summed E-state index contributed by atoms with van der Waals surface area (Å²) < 4.78 is 1.32. The third-order valence-electron chi connectivity index (χ3n) is 6.32. The van der Waals surface area contributed by atoms with Gasteiger partial charge in [0.15, 0.2) is 0 Å². The van der Waals surface area contributed by atoms with E-state index in [4.69, 9.17) is 0 Å². The van der Waals surface area contributed by atoms with E-state index < -0.39 is 11.1 Å². The van der Waals surface area contributed by atoms with Crippen molar-refractivity contribution in [2.75, 3.05) is 26.2 Å². The van der Waals surface area contributed by atoms with Gasteiger partial charge in [-0.15, -0.1) is 0 Å². The number of aromatic nitrogens is 2. The molecule has 2 aliphatic heterocycles. The van der Waals surface area contributed by atoms with Crippen molar-refractivity contribution in [3.05, 3.63) is 28.9 Å². The van der Waals surface area contributed by atoms with Crippen LogP contribution in [0.1, 0.15) is 38.5 Å². The first-order chi connectivity index (χ1) is 12.6. The van der Waals surface area contributed by atoms with Gasteiger partial charge in [-0.1, -0.05) is 6.42 Å². The van der Waals surface area contributed by atoms with Crippen molar-refractivity contribution in [1.82, 2.24) is 19.4 Å². The van der Waals surface area contributed by atoms with E-state index in [0.717, 1.165) is 32.4 Å². The smallest absolute Gasteiger partial charge is 0.342 e. The summed E-state index contributed by atoms with van der Waals surface area (Å²) in [4.78, 5) is 45.0. The predicted octanol–water partition coefficient (Wildman–Crippen LogP) is 0.885. The third-order valence-corrected chi connectivity index (χ3v) is 6.32. The molecular weight excluding hydrogens is 332 g/mol. The van der Waals surface area contributed by atoms with Gasteiger partial charge < -0.3 is 9.80 Å². The van der Waals surface area contributed by atoms with Gasteiger partial charge >= 0.3 is 5.69 Å². The van der Waals surface area contributed by atoms with Crippen LogP contribution >= 0.6 is 0 Å². The average Bonchev–Trinajstić information content (AvgIpc) is 3.02. The Kier molecular flexibility index (Phi) is 4.54. The molecule has 4 rings (SSSR count). The molecule has 1 aliphatic carbocycles. The molecule has 1 atom stereocenters. The number of carbonyl (C=O) groups is 2. The summed E-state index contributed by atoms with van der Waals surface area (Å²) in [6, 6.07) is 1.64. The fraction of sp³-hybridized carbons (Fsp3) is 0.684. The minimum Gasteiger partial charge on any atom is -0.342 e. The third kappa shape index (κ3) is 3.15. The van der Waals surface area contributed by atoms with Crippen LogP contribution in [-0.4, -0.2) is 57.3 Å². The zero-order valence-electron chi connectivity index (χ0n) is 15.1. The molecule has 3 fully saturated rings. The number of piperidine rings is 1. The fourth-order valence-corrected chi connectivity index (χ4v) is 4.53. The fourth-order valence-electron chi connectivity index (χ4n) is 4.53. The van der Waals surface area contributed by atoms with Gasteiger partial charge in [0.25, 0.3) is 0 Å². The van der Waals surface area contributed by atoms with E-state index in [2.05, 4.69) is 4.98 Å². The van der Waals surface area contributed by atoms with Gasteiger partial charge in [-0.2, -0.15) is 0 Å². The summed E-state index contributed by atoms with van der Waals surface area (Å²) >= 11 is 0. The molecule has 3 aliphatic rings. The normalized spacial score (nSPS) is 26.4. The highest BCUT2D eigenvalue weighted by Crippen LogP contribution is 2.41. The van der Waals surface area contributed by atoms with Crippen molar-refractivity contribution >= 4 is 11.8 Å². The summed E-state index contributed by atoms with van der Waals surface area (Å²) in [5, 5.41) is 0. The summed E-state index contributed by atoms with van der Waals surface area (Å²) in [6.45, 7) is 2.82. The second kappa shape index (κ2) is 6.85. The minimum atomic E-state index is -0.421. The van der Waals surface area contributed by atoms with Gasteiger partial charge in [-0.25, -0.2) is 9.78 Å². The summed E-state index contributed by atoms with van der Waals surface area (Å²) in [7, 11) is 0. The lowest BCUT2D eigenvalue weighted by Crippen LogP contribution is -2.52. The predicted molar refractivity (Wildman–Crippen MR) is 95.3 cm³/mol. The Labute approximate surface area is 153 Å². The van der Waals surface area contributed by atoms with Crippen molar-refractivity contribution < 1.29 is 9.59 Å². The Bertz CT molecular complexity index is 757. The second-order valence-corrected chi connectivity index (χ2v) is 8.03. The van der Waals surface area contributed by atoms with Crippen LogP contribution in [0.25, 0.3) is 0 Å². The van der Waals surface area contributed by atoms with E-state index in [1.165, 1.54) is 30.0 Å². The maximum Gasteiger partial charge on any atom is 0.347 e. The molecule has 1 aromatic rings. The van der Waals surface area contributed by atoms with Gasteiger partial charge in [0.1, 0.15) is 6.54 Å². The molecule has 140 valence electrons. The van der Waals surface area contributed by atoms with Gasteiger partial charge in [0.2, 0.25) is 11.8 Å². The van der Waals surface area contributed by atoms with E-state index in [0.29, 0.717) is 19.0 Å². The molecule has 0 aromatic carbocycles. The Hall–Kier alpha value is -2.18. The maximum atomic E-state index is 13.1. The number of likely N-dealkylation sites (tertiary alicyclic amines) is 2. The Morgan fingerprint density at radius 2 is 2.04 bits per heavy atom. The Morgan fingerprint density at radius 3 is 2.77 bits per heavy atom. The van der Waals surface area contributed by atoms with Crippen LogP contribution in [0.4, 0.5) is 0 Å². The summed E-state index contributed by atoms with van der Waals surface area (Å²) in [5.41, 5.74) is -0.826. The number of carbonyl (C=O) groups excluding carboxylic acids is 2. The lowest BCUT2D eigenvalue weighted by Gasteiger charge is -2.42.